The highest BCUT2D eigenvalue weighted by atomic mass is 16.7. The van der Waals surface area contributed by atoms with E-state index in [0.717, 1.165) is 30.0 Å². The van der Waals surface area contributed by atoms with Gasteiger partial charge in [-0.25, -0.2) is 4.99 Å². The number of hydrogen-bond acceptors (Lipinski definition) is 3. The first kappa shape index (κ1) is 14.0. The van der Waals surface area contributed by atoms with Crippen LogP contribution in [0.1, 0.15) is 39.0 Å². The average molecular weight is 311 g/mol. The average Bonchev–Trinajstić information content (AvgIpc) is 2.54. The predicted molar refractivity (Wildman–Crippen MR) is 89.5 cm³/mol. The number of nitrogens with zero attached hydrogens (tertiary/aromatic N) is 1. The zero-order valence-corrected chi connectivity index (χ0v) is 13.8. The van der Waals surface area contributed by atoms with Gasteiger partial charge in [-0.2, -0.15) is 0 Å². The Morgan fingerprint density at radius 3 is 2.30 bits per heavy atom. The fourth-order valence-corrected chi connectivity index (χ4v) is 6.11. The maximum Gasteiger partial charge on any atom is 0.216 e. The zero-order chi connectivity index (χ0) is 15.4. The Morgan fingerprint density at radius 2 is 1.70 bits per heavy atom. The van der Waals surface area contributed by atoms with Crippen LogP contribution in [0.5, 0.6) is 0 Å². The van der Waals surface area contributed by atoms with E-state index < -0.39 is 0 Å². The van der Waals surface area contributed by atoms with Crippen molar-refractivity contribution >= 4 is 11.6 Å². The summed E-state index contributed by atoms with van der Waals surface area (Å²) >= 11 is 0. The maximum absolute atomic E-state index is 6.09. The molecule has 0 amide bonds. The van der Waals surface area contributed by atoms with Gasteiger partial charge in [-0.3, -0.25) is 0 Å². The molecule has 1 saturated heterocycles. The third-order valence-corrected chi connectivity index (χ3v) is 6.77. The van der Waals surface area contributed by atoms with E-state index in [-0.39, 0.29) is 11.7 Å². The van der Waals surface area contributed by atoms with Crippen LogP contribution >= 0.6 is 0 Å². The summed E-state index contributed by atoms with van der Waals surface area (Å²) in [6, 6.07) is 10.2. The molecule has 1 aromatic carbocycles. The summed E-state index contributed by atoms with van der Waals surface area (Å²) in [4.78, 5) is 4.91. The highest BCUT2D eigenvalue weighted by Crippen LogP contribution is 2.67. The van der Waals surface area contributed by atoms with Crippen LogP contribution in [0, 0.1) is 29.1 Å². The van der Waals surface area contributed by atoms with Gasteiger partial charge < -0.3 is 9.47 Å². The lowest BCUT2D eigenvalue weighted by atomic mass is 9.43. The minimum Gasteiger partial charge on any atom is -0.450 e. The minimum atomic E-state index is -0.0648. The molecule has 0 N–H and O–H groups in total. The molecule has 1 aromatic rings. The highest BCUT2D eigenvalue weighted by Gasteiger charge is 2.70. The molecule has 4 aliphatic carbocycles. The van der Waals surface area contributed by atoms with Crippen molar-refractivity contribution in [3.8, 4) is 0 Å². The van der Waals surface area contributed by atoms with Gasteiger partial charge in [-0.1, -0.05) is 18.2 Å². The fourth-order valence-electron chi connectivity index (χ4n) is 6.11. The van der Waals surface area contributed by atoms with Crippen LogP contribution in [-0.4, -0.2) is 18.8 Å². The van der Waals surface area contributed by atoms with Crippen molar-refractivity contribution in [1.29, 1.82) is 0 Å². The number of aliphatic imine (C=N–C) groups is 1. The molecule has 4 saturated carbocycles. The topological polar surface area (TPSA) is 30.8 Å². The van der Waals surface area contributed by atoms with Gasteiger partial charge in [0.05, 0.1) is 5.69 Å². The molecule has 1 unspecified atom stereocenters. The van der Waals surface area contributed by atoms with Crippen LogP contribution in [0.15, 0.2) is 35.3 Å². The first-order valence-electron chi connectivity index (χ1n) is 9.23. The van der Waals surface area contributed by atoms with Gasteiger partial charge in [0.15, 0.2) is 0 Å². The first-order chi connectivity index (χ1) is 11.3. The van der Waals surface area contributed by atoms with Gasteiger partial charge in [0, 0.05) is 6.61 Å². The molecule has 3 nitrogen and oxygen atoms in total. The number of benzene rings is 1. The van der Waals surface area contributed by atoms with E-state index in [9.17, 15) is 0 Å². The lowest BCUT2D eigenvalue weighted by Crippen LogP contribution is -2.70. The maximum atomic E-state index is 6.09. The van der Waals surface area contributed by atoms with E-state index in [1.165, 1.54) is 32.1 Å². The van der Waals surface area contributed by atoms with Crippen LogP contribution < -0.4 is 0 Å². The Morgan fingerprint density at radius 1 is 1.04 bits per heavy atom. The van der Waals surface area contributed by atoms with Crippen LogP contribution in [0.3, 0.4) is 0 Å². The Balaban J connectivity index is 1.55. The Hall–Kier alpha value is -1.35. The van der Waals surface area contributed by atoms with E-state index in [1.807, 2.05) is 18.2 Å². The molecule has 1 spiro atoms. The SMILES string of the molecule is CCOC1OC(=Nc2ccccc2)C12C1CC3CC(C1)CC2C3. The summed E-state index contributed by atoms with van der Waals surface area (Å²) in [7, 11) is 0. The van der Waals surface area contributed by atoms with E-state index in [2.05, 4.69) is 19.1 Å². The van der Waals surface area contributed by atoms with Gasteiger partial charge in [0.25, 0.3) is 0 Å². The minimum absolute atomic E-state index is 0.0648. The van der Waals surface area contributed by atoms with Gasteiger partial charge in [-0.15, -0.1) is 0 Å². The second kappa shape index (κ2) is 5.07. The Kier molecular flexibility index (Phi) is 3.09. The zero-order valence-electron chi connectivity index (χ0n) is 13.8. The van der Waals surface area contributed by atoms with Crippen LogP contribution in [0.4, 0.5) is 5.69 Å². The molecule has 0 aromatic heterocycles. The van der Waals surface area contributed by atoms with Gasteiger partial charge in [0.2, 0.25) is 12.2 Å². The molecule has 1 atom stereocenters. The predicted octanol–water partition coefficient (Wildman–Crippen LogP) is 4.55. The molecule has 0 radical (unpaired) electrons. The quantitative estimate of drug-likeness (QED) is 0.820. The summed E-state index contributed by atoms with van der Waals surface area (Å²) in [5.74, 6) is 4.29. The lowest BCUT2D eigenvalue weighted by molar-refractivity contribution is -0.273. The molecule has 5 fully saturated rings. The summed E-state index contributed by atoms with van der Waals surface area (Å²) in [6.45, 7) is 2.79. The molecule has 6 rings (SSSR count). The number of para-hydroxylation sites is 1. The second-order valence-electron chi connectivity index (χ2n) is 7.90. The third-order valence-electron chi connectivity index (χ3n) is 6.77. The molecular weight excluding hydrogens is 286 g/mol. The Bertz CT molecular complexity index is 596. The monoisotopic (exact) mass is 311 g/mol. The first-order valence-corrected chi connectivity index (χ1v) is 9.23. The van der Waals surface area contributed by atoms with Gasteiger partial charge in [0.1, 0.15) is 5.41 Å². The van der Waals surface area contributed by atoms with Crippen molar-refractivity contribution in [2.75, 3.05) is 6.61 Å². The lowest BCUT2D eigenvalue weighted by Gasteiger charge is -2.66. The van der Waals surface area contributed by atoms with Crippen molar-refractivity contribution in [3.63, 3.8) is 0 Å². The van der Waals surface area contributed by atoms with Crippen LogP contribution in [0.25, 0.3) is 0 Å². The van der Waals surface area contributed by atoms with Gasteiger partial charge in [-0.05, 0) is 74.8 Å². The fraction of sp³-hybridized carbons (Fsp3) is 0.650. The molecule has 3 heteroatoms. The second-order valence-corrected chi connectivity index (χ2v) is 7.90. The Labute approximate surface area is 138 Å². The van der Waals surface area contributed by atoms with E-state index in [0.29, 0.717) is 11.8 Å². The normalized spacial score (nSPS) is 45.3. The summed E-state index contributed by atoms with van der Waals surface area (Å²) in [5.41, 5.74) is 1.07. The summed E-state index contributed by atoms with van der Waals surface area (Å²) in [5, 5.41) is 0. The van der Waals surface area contributed by atoms with Crippen molar-refractivity contribution < 1.29 is 9.47 Å². The number of rotatable bonds is 3. The largest absolute Gasteiger partial charge is 0.450 e. The number of hydrogen-bond donors (Lipinski definition) is 0. The van der Waals surface area contributed by atoms with E-state index in [1.54, 1.807) is 0 Å². The summed E-state index contributed by atoms with van der Waals surface area (Å²) < 4.78 is 12.1. The molecule has 4 bridgehead atoms. The van der Waals surface area contributed by atoms with Crippen LogP contribution in [0.2, 0.25) is 0 Å². The van der Waals surface area contributed by atoms with Crippen molar-refractivity contribution in [3.05, 3.63) is 30.3 Å². The molecular formula is C20H25NO2. The van der Waals surface area contributed by atoms with Crippen molar-refractivity contribution in [2.45, 2.75) is 45.3 Å². The standard InChI is InChI=1S/C20H25NO2/c1-2-22-19-20(18(23-19)21-17-6-4-3-5-7-17)15-9-13-8-14(11-15)12-16(20)10-13/h3-7,13-16,19H,2,8-12H2,1H3. The molecule has 1 aliphatic heterocycles. The van der Waals surface area contributed by atoms with Crippen molar-refractivity contribution in [1.82, 2.24) is 0 Å². The molecule has 1 heterocycles. The van der Waals surface area contributed by atoms with Crippen molar-refractivity contribution in [2.24, 2.45) is 34.1 Å². The third kappa shape index (κ3) is 1.89. The molecule has 23 heavy (non-hydrogen) atoms. The van der Waals surface area contributed by atoms with E-state index >= 15 is 0 Å². The molecule has 5 aliphatic rings. The van der Waals surface area contributed by atoms with Crippen LogP contribution in [-0.2, 0) is 9.47 Å². The summed E-state index contributed by atoms with van der Waals surface area (Å²) in [6.07, 6.45) is 6.82. The van der Waals surface area contributed by atoms with E-state index in [4.69, 9.17) is 14.5 Å². The molecule has 122 valence electrons. The highest BCUT2D eigenvalue weighted by molar-refractivity contribution is 5.91. The smallest absolute Gasteiger partial charge is 0.216 e. The number of ether oxygens (including phenoxy) is 2. The van der Waals surface area contributed by atoms with Gasteiger partial charge >= 0.3 is 0 Å².